The lowest BCUT2D eigenvalue weighted by Gasteiger charge is -2.09. The number of aromatic nitrogens is 2. The van der Waals surface area contributed by atoms with Crippen molar-refractivity contribution in [2.45, 2.75) is 20.3 Å². The average molecular weight is 367 g/mol. The molecule has 2 heterocycles. The lowest BCUT2D eigenvalue weighted by atomic mass is 10.1. The predicted octanol–water partition coefficient (Wildman–Crippen LogP) is 4.32. The maximum Gasteiger partial charge on any atom is 0.277 e. The fourth-order valence-electron chi connectivity index (χ4n) is 2.44. The minimum atomic E-state index is -0.353. The highest BCUT2D eigenvalue weighted by atomic mass is 16.5. The monoisotopic (exact) mass is 367 g/mol. The second kappa shape index (κ2) is 8.35. The van der Waals surface area contributed by atoms with Crippen LogP contribution >= 0.6 is 0 Å². The van der Waals surface area contributed by atoms with Crippen LogP contribution in [0.4, 0.5) is 5.69 Å². The van der Waals surface area contributed by atoms with Crippen molar-refractivity contribution in [3.05, 3.63) is 60.1 Å². The third-order valence-electron chi connectivity index (χ3n) is 3.68. The Morgan fingerprint density at radius 1 is 1.19 bits per heavy atom. The molecule has 1 amide bonds. The van der Waals surface area contributed by atoms with Crippen molar-refractivity contribution in [3.8, 4) is 17.4 Å². The summed E-state index contributed by atoms with van der Waals surface area (Å²) < 4.78 is 16.1. The van der Waals surface area contributed by atoms with E-state index < -0.39 is 0 Å². The van der Waals surface area contributed by atoms with Crippen molar-refractivity contribution in [1.82, 2.24) is 10.1 Å². The summed E-state index contributed by atoms with van der Waals surface area (Å²) in [5, 5.41) is 6.55. The SMILES string of the molecule is COc1ccccc1Oc1ccc(NC(=O)c2cc(CC(C)C)on2)cn1. The normalized spacial score (nSPS) is 10.7. The fourth-order valence-corrected chi connectivity index (χ4v) is 2.44. The van der Waals surface area contributed by atoms with Crippen LogP contribution in [0.1, 0.15) is 30.1 Å². The molecule has 7 heteroatoms. The molecule has 27 heavy (non-hydrogen) atoms. The molecule has 0 unspecified atom stereocenters. The van der Waals surface area contributed by atoms with E-state index in [1.54, 1.807) is 37.4 Å². The second-order valence-corrected chi connectivity index (χ2v) is 6.37. The summed E-state index contributed by atoms with van der Waals surface area (Å²) in [4.78, 5) is 16.5. The molecule has 1 N–H and O–H groups in total. The van der Waals surface area contributed by atoms with E-state index in [1.165, 1.54) is 6.20 Å². The first-order valence-electron chi connectivity index (χ1n) is 8.59. The number of methoxy groups -OCH3 is 1. The summed E-state index contributed by atoms with van der Waals surface area (Å²) >= 11 is 0. The van der Waals surface area contributed by atoms with Gasteiger partial charge in [0.25, 0.3) is 5.91 Å². The number of pyridine rings is 1. The first kappa shape index (κ1) is 18.4. The number of hydrogen-bond donors (Lipinski definition) is 1. The number of nitrogens with one attached hydrogen (secondary N) is 1. The molecule has 0 radical (unpaired) electrons. The number of nitrogens with zero attached hydrogens (tertiary/aromatic N) is 2. The van der Waals surface area contributed by atoms with Gasteiger partial charge in [-0.2, -0.15) is 0 Å². The molecule has 3 rings (SSSR count). The number of hydrogen-bond acceptors (Lipinski definition) is 6. The smallest absolute Gasteiger partial charge is 0.277 e. The van der Waals surface area contributed by atoms with E-state index in [0.717, 1.165) is 6.42 Å². The van der Waals surface area contributed by atoms with E-state index in [-0.39, 0.29) is 11.6 Å². The largest absolute Gasteiger partial charge is 0.493 e. The molecule has 0 bridgehead atoms. The van der Waals surface area contributed by atoms with Crippen LogP contribution in [0.25, 0.3) is 0 Å². The summed E-state index contributed by atoms with van der Waals surface area (Å²) in [6.45, 7) is 4.14. The molecule has 0 aliphatic rings. The first-order chi connectivity index (χ1) is 13.0. The topological polar surface area (TPSA) is 86.5 Å². The van der Waals surface area contributed by atoms with Crippen LogP contribution < -0.4 is 14.8 Å². The zero-order valence-corrected chi connectivity index (χ0v) is 15.4. The summed E-state index contributed by atoms with van der Waals surface area (Å²) in [7, 11) is 1.57. The summed E-state index contributed by atoms with van der Waals surface area (Å²) in [5.41, 5.74) is 0.765. The van der Waals surface area contributed by atoms with Gasteiger partial charge >= 0.3 is 0 Å². The van der Waals surface area contributed by atoms with Gasteiger partial charge in [-0.1, -0.05) is 31.1 Å². The van der Waals surface area contributed by atoms with Gasteiger partial charge in [0.15, 0.2) is 17.2 Å². The number of rotatable bonds is 7. The van der Waals surface area contributed by atoms with E-state index in [0.29, 0.717) is 34.7 Å². The molecule has 140 valence electrons. The lowest BCUT2D eigenvalue weighted by molar-refractivity contribution is 0.101. The molecule has 0 saturated heterocycles. The quantitative estimate of drug-likeness (QED) is 0.669. The minimum Gasteiger partial charge on any atom is -0.493 e. The second-order valence-electron chi connectivity index (χ2n) is 6.37. The van der Waals surface area contributed by atoms with Crippen molar-refractivity contribution in [3.63, 3.8) is 0 Å². The highest BCUT2D eigenvalue weighted by molar-refractivity contribution is 6.02. The van der Waals surface area contributed by atoms with Crippen LogP contribution in [-0.4, -0.2) is 23.2 Å². The van der Waals surface area contributed by atoms with Crippen LogP contribution in [-0.2, 0) is 6.42 Å². The molecule has 0 fully saturated rings. The van der Waals surface area contributed by atoms with Crippen LogP contribution in [0.2, 0.25) is 0 Å². The highest BCUT2D eigenvalue weighted by Crippen LogP contribution is 2.30. The Morgan fingerprint density at radius 2 is 1.96 bits per heavy atom. The Balaban J connectivity index is 1.63. The molecule has 0 aliphatic heterocycles. The molecular weight excluding hydrogens is 346 g/mol. The number of carbonyl (C=O) groups excluding carboxylic acids is 1. The summed E-state index contributed by atoms with van der Waals surface area (Å²) in [6, 6.07) is 12.3. The van der Waals surface area contributed by atoms with E-state index >= 15 is 0 Å². The Hall–Kier alpha value is -3.35. The van der Waals surface area contributed by atoms with E-state index in [4.69, 9.17) is 14.0 Å². The van der Waals surface area contributed by atoms with Crippen LogP contribution in [0.5, 0.6) is 17.4 Å². The molecule has 0 saturated carbocycles. The fraction of sp³-hybridized carbons (Fsp3) is 0.250. The predicted molar refractivity (Wildman–Crippen MR) is 100 cm³/mol. The summed E-state index contributed by atoms with van der Waals surface area (Å²) in [5.74, 6) is 2.32. The van der Waals surface area contributed by atoms with Gasteiger partial charge in [-0.05, 0) is 24.1 Å². The zero-order valence-electron chi connectivity index (χ0n) is 15.4. The number of carbonyl (C=O) groups is 1. The van der Waals surface area contributed by atoms with Gasteiger partial charge in [0, 0.05) is 18.6 Å². The molecule has 0 aliphatic carbocycles. The van der Waals surface area contributed by atoms with Gasteiger partial charge in [0.2, 0.25) is 5.88 Å². The number of anilines is 1. The number of amides is 1. The maximum absolute atomic E-state index is 12.3. The maximum atomic E-state index is 12.3. The molecule has 7 nitrogen and oxygen atoms in total. The number of para-hydroxylation sites is 2. The molecular formula is C20H21N3O4. The highest BCUT2D eigenvalue weighted by Gasteiger charge is 2.14. The van der Waals surface area contributed by atoms with Gasteiger partial charge in [0.1, 0.15) is 5.76 Å². The van der Waals surface area contributed by atoms with E-state index in [2.05, 4.69) is 29.3 Å². The van der Waals surface area contributed by atoms with Crippen LogP contribution in [0, 0.1) is 5.92 Å². The minimum absolute atomic E-state index is 0.236. The zero-order chi connectivity index (χ0) is 19.2. The molecule has 3 aromatic rings. The third kappa shape index (κ3) is 4.84. The van der Waals surface area contributed by atoms with Crippen LogP contribution in [0.3, 0.4) is 0 Å². The van der Waals surface area contributed by atoms with Crippen molar-refractivity contribution in [2.24, 2.45) is 5.92 Å². The Bertz CT molecular complexity index is 904. The Morgan fingerprint density at radius 3 is 2.63 bits per heavy atom. The average Bonchev–Trinajstić information content (AvgIpc) is 3.11. The van der Waals surface area contributed by atoms with Gasteiger partial charge in [-0.25, -0.2) is 4.98 Å². The first-order valence-corrected chi connectivity index (χ1v) is 8.59. The van der Waals surface area contributed by atoms with Crippen molar-refractivity contribution in [2.75, 3.05) is 12.4 Å². The molecule has 1 aromatic carbocycles. The van der Waals surface area contributed by atoms with Gasteiger partial charge in [0.05, 0.1) is 19.0 Å². The third-order valence-corrected chi connectivity index (χ3v) is 3.68. The number of benzene rings is 1. The molecule has 0 spiro atoms. The lowest BCUT2D eigenvalue weighted by Crippen LogP contribution is -2.12. The molecule has 0 atom stereocenters. The van der Waals surface area contributed by atoms with E-state index in [1.807, 2.05) is 12.1 Å². The van der Waals surface area contributed by atoms with Crippen molar-refractivity contribution in [1.29, 1.82) is 0 Å². The Labute approximate surface area is 157 Å². The van der Waals surface area contributed by atoms with E-state index in [9.17, 15) is 4.79 Å². The van der Waals surface area contributed by atoms with Gasteiger partial charge < -0.3 is 19.3 Å². The Kier molecular flexibility index (Phi) is 5.71. The molecule has 2 aromatic heterocycles. The standard InChI is InChI=1S/C20H21N3O4/c1-13(2)10-15-11-16(23-27-15)20(24)22-14-8-9-19(21-12-14)26-18-7-5-4-6-17(18)25-3/h4-9,11-13H,10H2,1-3H3,(H,22,24). The van der Waals surface area contributed by atoms with Gasteiger partial charge in [-0.15, -0.1) is 0 Å². The van der Waals surface area contributed by atoms with Gasteiger partial charge in [-0.3, -0.25) is 4.79 Å². The van der Waals surface area contributed by atoms with Crippen molar-refractivity contribution >= 4 is 11.6 Å². The summed E-state index contributed by atoms with van der Waals surface area (Å²) in [6.07, 6.45) is 2.24. The van der Waals surface area contributed by atoms with Crippen LogP contribution in [0.15, 0.2) is 53.2 Å². The number of ether oxygens (including phenoxy) is 2. The van der Waals surface area contributed by atoms with Crippen molar-refractivity contribution < 1.29 is 18.8 Å².